The summed E-state index contributed by atoms with van der Waals surface area (Å²) in [6, 6.07) is 6.54. The normalized spacial score (nSPS) is 10.2. The molecule has 0 atom stereocenters. The lowest BCUT2D eigenvalue weighted by Crippen LogP contribution is -2.11. The van der Waals surface area contributed by atoms with E-state index in [9.17, 15) is 20.0 Å². The fourth-order valence-corrected chi connectivity index (χ4v) is 1.61. The van der Waals surface area contributed by atoms with Crippen molar-refractivity contribution in [2.75, 3.05) is 5.32 Å². The van der Waals surface area contributed by atoms with Crippen molar-refractivity contribution >= 4 is 17.3 Å². The molecule has 2 N–H and O–H groups in total. The Hall–Kier alpha value is -2.83. The van der Waals surface area contributed by atoms with Crippen LogP contribution in [0.25, 0.3) is 0 Å². The Labute approximate surface area is 114 Å². The molecular weight excluding hydrogens is 264 g/mol. The molecule has 1 amide bonds. The molecule has 0 saturated carbocycles. The number of nitrogens with zero attached hydrogens (tertiary/aromatic N) is 1. The van der Waals surface area contributed by atoms with E-state index in [1.165, 1.54) is 6.07 Å². The van der Waals surface area contributed by atoms with Gasteiger partial charge in [0, 0.05) is 18.6 Å². The molecule has 0 unspecified atom stereocenters. The Morgan fingerprint density at radius 1 is 1.40 bits per heavy atom. The predicted molar refractivity (Wildman–Crippen MR) is 70.8 cm³/mol. The van der Waals surface area contributed by atoms with E-state index in [1.807, 2.05) is 6.92 Å². The van der Waals surface area contributed by atoms with E-state index >= 15 is 0 Å². The molecule has 2 aromatic rings. The number of aromatic hydroxyl groups is 1. The van der Waals surface area contributed by atoms with Crippen LogP contribution in [0.15, 0.2) is 34.7 Å². The molecule has 0 radical (unpaired) electrons. The maximum atomic E-state index is 11.9. The molecule has 1 heterocycles. The van der Waals surface area contributed by atoms with Crippen molar-refractivity contribution < 1.29 is 19.2 Å². The first-order chi connectivity index (χ1) is 9.51. The van der Waals surface area contributed by atoms with E-state index in [1.54, 1.807) is 6.07 Å². The van der Waals surface area contributed by atoms with Crippen LogP contribution in [0.4, 0.5) is 11.4 Å². The van der Waals surface area contributed by atoms with Gasteiger partial charge in [-0.1, -0.05) is 6.92 Å². The summed E-state index contributed by atoms with van der Waals surface area (Å²) in [6.07, 6.45) is 0.648. The van der Waals surface area contributed by atoms with Crippen LogP contribution in [0.1, 0.15) is 23.2 Å². The zero-order valence-corrected chi connectivity index (χ0v) is 10.6. The van der Waals surface area contributed by atoms with Crippen LogP contribution in [-0.4, -0.2) is 15.9 Å². The number of nitro benzene ring substituents is 1. The highest BCUT2D eigenvalue weighted by Crippen LogP contribution is 2.28. The van der Waals surface area contributed by atoms with Crippen LogP contribution in [0.5, 0.6) is 5.75 Å². The Morgan fingerprint density at radius 2 is 2.15 bits per heavy atom. The standard InChI is InChI=1S/C13H12N2O5/c1-2-9-4-6-12(20-9)13(17)14-10-7-8(15(18)19)3-5-11(10)16/h3-7,16H,2H2,1H3,(H,14,17). The third kappa shape index (κ3) is 2.77. The number of phenols is 1. The summed E-state index contributed by atoms with van der Waals surface area (Å²) in [6.45, 7) is 1.88. The van der Waals surface area contributed by atoms with Crippen molar-refractivity contribution in [3.63, 3.8) is 0 Å². The number of anilines is 1. The van der Waals surface area contributed by atoms with Crippen LogP contribution < -0.4 is 5.32 Å². The molecule has 20 heavy (non-hydrogen) atoms. The number of carbonyl (C=O) groups excluding carboxylic acids is 1. The highest BCUT2D eigenvalue weighted by atomic mass is 16.6. The second-order valence-electron chi connectivity index (χ2n) is 4.03. The Morgan fingerprint density at radius 3 is 2.75 bits per heavy atom. The van der Waals surface area contributed by atoms with Gasteiger partial charge >= 0.3 is 0 Å². The molecule has 0 spiro atoms. The summed E-state index contributed by atoms with van der Waals surface area (Å²) in [5.41, 5.74) is -0.273. The number of rotatable bonds is 4. The van der Waals surface area contributed by atoms with Crippen LogP contribution in [0.2, 0.25) is 0 Å². The van der Waals surface area contributed by atoms with E-state index in [2.05, 4.69) is 5.32 Å². The minimum absolute atomic E-state index is 0.0429. The first-order valence-electron chi connectivity index (χ1n) is 5.88. The first-order valence-corrected chi connectivity index (χ1v) is 5.88. The first kappa shape index (κ1) is 13.6. The third-order valence-corrected chi connectivity index (χ3v) is 2.67. The maximum Gasteiger partial charge on any atom is 0.291 e. The Balaban J connectivity index is 2.22. The van der Waals surface area contributed by atoms with E-state index in [-0.39, 0.29) is 22.9 Å². The van der Waals surface area contributed by atoms with Crippen molar-refractivity contribution in [3.8, 4) is 5.75 Å². The number of hydrogen-bond donors (Lipinski definition) is 2. The summed E-state index contributed by atoms with van der Waals surface area (Å²) in [4.78, 5) is 21.9. The smallest absolute Gasteiger partial charge is 0.291 e. The maximum absolute atomic E-state index is 11.9. The van der Waals surface area contributed by atoms with Crippen molar-refractivity contribution in [2.45, 2.75) is 13.3 Å². The quantitative estimate of drug-likeness (QED) is 0.507. The number of furan rings is 1. The van der Waals surface area contributed by atoms with Gasteiger partial charge in [-0.2, -0.15) is 0 Å². The number of nitro groups is 1. The van der Waals surface area contributed by atoms with Gasteiger partial charge in [0.1, 0.15) is 11.5 Å². The lowest BCUT2D eigenvalue weighted by molar-refractivity contribution is -0.384. The van der Waals surface area contributed by atoms with Crippen molar-refractivity contribution in [1.29, 1.82) is 0 Å². The van der Waals surface area contributed by atoms with E-state index < -0.39 is 10.8 Å². The zero-order valence-electron chi connectivity index (χ0n) is 10.6. The highest BCUT2D eigenvalue weighted by molar-refractivity contribution is 6.03. The average Bonchev–Trinajstić information content (AvgIpc) is 2.89. The lowest BCUT2D eigenvalue weighted by atomic mass is 10.2. The van der Waals surface area contributed by atoms with Gasteiger partial charge in [0.15, 0.2) is 5.76 Å². The van der Waals surface area contributed by atoms with Crippen molar-refractivity contribution in [3.05, 3.63) is 52.0 Å². The van der Waals surface area contributed by atoms with Crippen molar-refractivity contribution in [1.82, 2.24) is 0 Å². The average molecular weight is 276 g/mol. The van der Waals surface area contributed by atoms with E-state index in [0.29, 0.717) is 12.2 Å². The molecule has 1 aromatic heterocycles. The molecule has 7 nitrogen and oxygen atoms in total. The SMILES string of the molecule is CCc1ccc(C(=O)Nc2cc([N+](=O)[O-])ccc2O)o1. The van der Waals surface area contributed by atoms with Gasteiger partial charge in [-0.15, -0.1) is 0 Å². The number of phenolic OH excluding ortho intramolecular Hbond substituents is 1. The largest absolute Gasteiger partial charge is 0.506 e. The van der Waals surface area contributed by atoms with Gasteiger partial charge in [-0.3, -0.25) is 14.9 Å². The number of amides is 1. The highest BCUT2D eigenvalue weighted by Gasteiger charge is 2.15. The van der Waals surface area contributed by atoms with Gasteiger partial charge < -0.3 is 14.8 Å². The predicted octanol–water partition coefficient (Wildman–Crippen LogP) is 2.71. The summed E-state index contributed by atoms with van der Waals surface area (Å²) >= 11 is 0. The molecule has 2 rings (SSSR count). The zero-order chi connectivity index (χ0) is 14.7. The topological polar surface area (TPSA) is 106 Å². The minimum Gasteiger partial charge on any atom is -0.506 e. The summed E-state index contributed by atoms with van der Waals surface area (Å²) in [7, 11) is 0. The molecule has 7 heteroatoms. The van der Waals surface area contributed by atoms with Gasteiger partial charge in [0.25, 0.3) is 11.6 Å². The second kappa shape index (κ2) is 5.43. The molecule has 0 bridgehead atoms. The monoisotopic (exact) mass is 276 g/mol. The molecule has 0 aliphatic heterocycles. The van der Waals surface area contributed by atoms with Gasteiger partial charge in [0.05, 0.1) is 10.6 Å². The summed E-state index contributed by atoms with van der Waals surface area (Å²) < 4.78 is 5.26. The fourth-order valence-electron chi connectivity index (χ4n) is 1.61. The van der Waals surface area contributed by atoms with Gasteiger partial charge in [-0.25, -0.2) is 0 Å². The fraction of sp³-hybridized carbons (Fsp3) is 0.154. The molecule has 104 valence electrons. The lowest BCUT2D eigenvalue weighted by Gasteiger charge is -2.05. The number of benzene rings is 1. The van der Waals surface area contributed by atoms with E-state index in [0.717, 1.165) is 18.2 Å². The second-order valence-corrected chi connectivity index (χ2v) is 4.03. The third-order valence-electron chi connectivity index (χ3n) is 2.67. The number of aryl methyl sites for hydroxylation is 1. The summed E-state index contributed by atoms with van der Waals surface area (Å²) in [5, 5.41) is 22.6. The number of carbonyl (C=O) groups is 1. The molecule has 0 aliphatic rings. The molecule has 0 fully saturated rings. The molecule has 0 aliphatic carbocycles. The van der Waals surface area contributed by atoms with Crippen molar-refractivity contribution in [2.24, 2.45) is 0 Å². The number of hydrogen-bond acceptors (Lipinski definition) is 5. The Kier molecular flexibility index (Phi) is 3.69. The van der Waals surface area contributed by atoms with Gasteiger partial charge in [0.2, 0.25) is 0 Å². The van der Waals surface area contributed by atoms with Crippen LogP contribution in [0, 0.1) is 10.1 Å². The van der Waals surface area contributed by atoms with Crippen LogP contribution in [-0.2, 0) is 6.42 Å². The molecule has 1 aromatic carbocycles. The van der Waals surface area contributed by atoms with E-state index in [4.69, 9.17) is 4.42 Å². The number of non-ortho nitro benzene ring substituents is 1. The minimum atomic E-state index is -0.614. The summed E-state index contributed by atoms with van der Waals surface area (Å²) in [5.74, 6) is -0.113. The molecule has 0 saturated heterocycles. The van der Waals surface area contributed by atoms with Gasteiger partial charge in [-0.05, 0) is 18.2 Å². The Bertz CT molecular complexity index is 663. The number of nitrogens with one attached hydrogen (secondary N) is 1. The molecular formula is C13H12N2O5. The van der Waals surface area contributed by atoms with Crippen LogP contribution >= 0.6 is 0 Å². The van der Waals surface area contributed by atoms with Crippen LogP contribution in [0.3, 0.4) is 0 Å².